The third-order valence-corrected chi connectivity index (χ3v) is 4.73. The predicted molar refractivity (Wildman–Crippen MR) is 91.0 cm³/mol. The highest BCUT2D eigenvalue weighted by molar-refractivity contribution is 6.00. The van der Waals surface area contributed by atoms with E-state index in [2.05, 4.69) is 5.32 Å². The minimum atomic E-state index is -0.575. The van der Waals surface area contributed by atoms with Crippen LogP contribution in [0.25, 0.3) is 10.8 Å². The van der Waals surface area contributed by atoms with Gasteiger partial charge in [0.2, 0.25) is 5.91 Å². The van der Waals surface area contributed by atoms with Crippen LogP contribution in [0.4, 0.5) is 0 Å². The number of amides is 2. The molecule has 0 aromatic heterocycles. The number of hydrogen-bond acceptors (Lipinski definition) is 2. The molecule has 0 radical (unpaired) electrons. The van der Waals surface area contributed by atoms with E-state index >= 15 is 0 Å². The summed E-state index contributed by atoms with van der Waals surface area (Å²) in [6.07, 6.45) is 5.29. The molecule has 1 atom stereocenters. The normalized spacial score (nSPS) is 16.9. The Morgan fingerprint density at radius 1 is 1.00 bits per heavy atom. The largest absolute Gasteiger partial charge is 0.368 e. The molecule has 0 aliphatic heterocycles. The van der Waals surface area contributed by atoms with E-state index < -0.39 is 11.9 Å². The fraction of sp³-hybridized carbons (Fsp3) is 0.368. The third kappa shape index (κ3) is 3.52. The predicted octanol–water partition coefficient (Wildman–Crippen LogP) is 3.00. The molecule has 1 aliphatic rings. The van der Waals surface area contributed by atoms with Crippen LogP contribution < -0.4 is 11.1 Å². The number of primary amides is 1. The van der Waals surface area contributed by atoms with Crippen molar-refractivity contribution in [1.29, 1.82) is 0 Å². The SMILES string of the molecule is NC(=O)[C@H](NC(=O)c1ccc2ccccc2c1)C1CCCCC1. The molecular formula is C19H22N2O2. The van der Waals surface area contributed by atoms with Crippen LogP contribution in [0, 0.1) is 5.92 Å². The molecule has 3 N–H and O–H groups in total. The van der Waals surface area contributed by atoms with E-state index in [0.717, 1.165) is 36.5 Å². The Bertz CT molecular complexity index is 720. The summed E-state index contributed by atoms with van der Waals surface area (Å²) >= 11 is 0. The van der Waals surface area contributed by atoms with Gasteiger partial charge in [-0.05, 0) is 41.7 Å². The van der Waals surface area contributed by atoms with Crippen molar-refractivity contribution in [3.63, 3.8) is 0 Å². The highest BCUT2D eigenvalue weighted by atomic mass is 16.2. The van der Waals surface area contributed by atoms with Crippen molar-refractivity contribution >= 4 is 22.6 Å². The number of benzene rings is 2. The summed E-state index contributed by atoms with van der Waals surface area (Å²) in [5, 5.41) is 4.95. The minimum absolute atomic E-state index is 0.158. The van der Waals surface area contributed by atoms with Crippen molar-refractivity contribution < 1.29 is 9.59 Å². The van der Waals surface area contributed by atoms with Gasteiger partial charge in [-0.2, -0.15) is 0 Å². The van der Waals surface area contributed by atoms with E-state index in [1.807, 2.05) is 36.4 Å². The quantitative estimate of drug-likeness (QED) is 0.911. The third-order valence-electron chi connectivity index (χ3n) is 4.73. The van der Waals surface area contributed by atoms with Crippen LogP contribution in [0.2, 0.25) is 0 Å². The molecule has 3 rings (SSSR count). The number of nitrogens with two attached hydrogens (primary N) is 1. The molecule has 2 aromatic rings. The Hall–Kier alpha value is -2.36. The molecule has 0 heterocycles. The molecule has 2 amide bonds. The van der Waals surface area contributed by atoms with Crippen LogP contribution in [0.5, 0.6) is 0 Å². The van der Waals surface area contributed by atoms with E-state index in [-0.39, 0.29) is 11.8 Å². The lowest BCUT2D eigenvalue weighted by atomic mass is 9.83. The molecule has 0 bridgehead atoms. The van der Waals surface area contributed by atoms with Crippen molar-refractivity contribution in [2.45, 2.75) is 38.1 Å². The molecule has 1 fully saturated rings. The summed E-state index contributed by atoms with van der Waals surface area (Å²) in [7, 11) is 0. The summed E-state index contributed by atoms with van der Waals surface area (Å²) < 4.78 is 0. The maximum atomic E-state index is 12.5. The van der Waals surface area contributed by atoms with Crippen molar-refractivity contribution in [3.8, 4) is 0 Å². The molecular weight excluding hydrogens is 288 g/mol. The van der Waals surface area contributed by atoms with Crippen LogP contribution in [-0.2, 0) is 4.79 Å². The van der Waals surface area contributed by atoms with E-state index in [4.69, 9.17) is 5.73 Å². The molecule has 120 valence electrons. The van der Waals surface area contributed by atoms with Gasteiger partial charge in [0.25, 0.3) is 5.91 Å². The maximum absolute atomic E-state index is 12.5. The lowest BCUT2D eigenvalue weighted by Gasteiger charge is -2.28. The average Bonchev–Trinajstić information content (AvgIpc) is 2.59. The van der Waals surface area contributed by atoms with Gasteiger partial charge in [-0.15, -0.1) is 0 Å². The van der Waals surface area contributed by atoms with Gasteiger partial charge in [-0.25, -0.2) is 0 Å². The van der Waals surface area contributed by atoms with Gasteiger partial charge in [-0.1, -0.05) is 49.6 Å². The fourth-order valence-corrected chi connectivity index (χ4v) is 3.44. The molecule has 1 saturated carbocycles. The monoisotopic (exact) mass is 310 g/mol. The zero-order valence-corrected chi connectivity index (χ0v) is 13.1. The van der Waals surface area contributed by atoms with Crippen molar-refractivity contribution in [2.75, 3.05) is 0 Å². The lowest BCUT2D eigenvalue weighted by Crippen LogP contribution is -2.49. The molecule has 23 heavy (non-hydrogen) atoms. The summed E-state index contributed by atoms with van der Waals surface area (Å²) in [6.45, 7) is 0. The van der Waals surface area contributed by atoms with Gasteiger partial charge in [0, 0.05) is 5.56 Å². The minimum Gasteiger partial charge on any atom is -0.368 e. The Morgan fingerprint density at radius 2 is 1.70 bits per heavy atom. The molecule has 0 unspecified atom stereocenters. The van der Waals surface area contributed by atoms with Crippen molar-refractivity contribution in [3.05, 3.63) is 48.0 Å². The Morgan fingerprint density at radius 3 is 2.39 bits per heavy atom. The highest BCUT2D eigenvalue weighted by Crippen LogP contribution is 2.26. The Balaban J connectivity index is 1.78. The van der Waals surface area contributed by atoms with Crippen LogP contribution >= 0.6 is 0 Å². The summed E-state index contributed by atoms with van der Waals surface area (Å²) in [6, 6.07) is 12.9. The van der Waals surface area contributed by atoms with Gasteiger partial charge < -0.3 is 11.1 Å². The molecule has 4 heteroatoms. The summed E-state index contributed by atoms with van der Waals surface area (Å²) in [4.78, 5) is 24.3. The van der Waals surface area contributed by atoms with E-state index in [0.29, 0.717) is 5.56 Å². The van der Waals surface area contributed by atoms with Crippen LogP contribution in [0.15, 0.2) is 42.5 Å². The van der Waals surface area contributed by atoms with Gasteiger partial charge >= 0.3 is 0 Å². The molecule has 0 saturated heterocycles. The topological polar surface area (TPSA) is 72.2 Å². The van der Waals surface area contributed by atoms with Crippen molar-refractivity contribution in [2.24, 2.45) is 11.7 Å². The zero-order valence-electron chi connectivity index (χ0n) is 13.1. The molecule has 0 spiro atoms. The molecule has 1 aliphatic carbocycles. The van der Waals surface area contributed by atoms with Gasteiger partial charge in [-0.3, -0.25) is 9.59 Å². The molecule has 2 aromatic carbocycles. The standard InChI is InChI=1S/C19H22N2O2/c20-18(22)17(14-7-2-1-3-8-14)21-19(23)16-11-10-13-6-4-5-9-15(13)12-16/h4-6,9-12,14,17H,1-3,7-8H2,(H2,20,22)(H,21,23)/t17-/m1/s1. The van der Waals surface area contributed by atoms with Crippen molar-refractivity contribution in [1.82, 2.24) is 5.32 Å². The van der Waals surface area contributed by atoms with Gasteiger partial charge in [0.05, 0.1) is 0 Å². The lowest BCUT2D eigenvalue weighted by molar-refractivity contribution is -0.121. The van der Waals surface area contributed by atoms with Crippen LogP contribution in [-0.4, -0.2) is 17.9 Å². The smallest absolute Gasteiger partial charge is 0.251 e. The second-order valence-electron chi connectivity index (χ2n) is 6.31. The second-order valence-corrected chi connectivity index (χ2v) is 6.31. The number of rotatable bonds is 4. The first-order chi connectivity index (χ1) is 11.1. The number of fused-ring (bicyclic) bond motifs is 1. The first-order valence-corrected chi connectivity index (χ1v) is 8.24. The van der Waals surface area contributed by atoms with Crippen LogP contribution in [0.3, 0.4) is 0 Å². The number of carbonyl (C=O) groups excluding carboxylic acids is 2. The van der Waals surface area contributed by atoms with E-state index in [1.54, 1.807) is 6.07 Å². The summed E-state index contributed by atoms with van der Waals surface area (Å²) in [5.74, 6) is -0.512. The number of nitrogens with one attached hydrogen (secondary N) is 1. The second kappa shape index (κ2) is 6.82. The Labute approximate surface area is 136 Å². The van der Waals surface area contributed by atoms with Crippen LogP contribution in [0.1, 0.15) is 42.5 Å². The summed E-state index contributed by atoms with van der Waals surface area (Å²) in [5.41, 5.74) is 6.09. The van der Waals surface area contributed by atoms with Gasteiger partial charge in [0.15, 0.2) is 0 Å². The number of carbonyl (C=O) groups is 2. The Kier molecular flexibility index (Phi) is 4.60. The van der Waals surface area contributed by atoms with E-state index in [9.17, 15) is 9.59 Å². The average molecular weight is 310 g/mol. The van der Waals surface area contributed by atoms with E-state index in [1.165, 1.54) is 6.42 Å². The molecule has 4 nitrogen and oxygen atoms in total. The van der Waals surface area contributed by atoms with Gasteiger partial charge in [0.1, 0.15) is 6.04 Å². The fourth-order valence-electron chi connectivity index (χ4n) is 3.44. The maximum Gasteiger partial charge on any atom is 0.251 e. The highest BCUT2D eigenvalue weighted by Gasteiger charge is 2.29. The first kappa shape index (κ1) is 15.5. The first-order valence-electron chi connectivity index (χ1n) is 8.24. The zero-order chi connectivity index (χ0) is 16.2. The number of hydrogen-bond donors (Lipinski definition) is 2.